The predicted octanol–water partition coefficient (Wildman–Crippen LogP) is 1.09. The number of guanidine groups is 1. The summed E-state index contributed by atoms with van der Waals surface area (Å²) < 4.78 is 10.4. The number of amidine groups is 1. The molecule has 0 radical (unpaired) electrons. The summed E-state index contributed by atoms with van der Waals surface area (Å²) in [5.41, 5.74) is 5.32. The predicted molar refractivity (Wildman–Crippen MR) is 88.5 cm³/mol. The largest absolute Gasteiger partial charge is 0.381 e. The first-order valence-corrected chi connectivity index (χ1v) is 7.92. The highest BCUT2D eigenvalue weighted by atomic mass is 16.5. The van der Waals surface area contributed by atoms with Crippen LogP contribution in [0.4, 0.5) is 0 Å². The molecule has 2 heterocycles. The lowest BCUT2D eigenvalue weighted by molar-refractivity contribution is 0.0574. The maximum absolute atomic E-state index is 7.40. The molecule has 0 amide bonds. The topological polar surface area (TPSA) is 98.7 Å². The third kappa shape index (κ3) is 6.19. The summed E-state index contributed by atoms with van der Waals surface area (Å²) in [4.78, 5) is 3.96. The highest BCUT2D eigenvalue weighted by molar-refractivity contribution is 5.76. The monoisotopic (exact) mass is 313 g/mol. The second-order valence-corrected chi connectivity index (χ2v) is 5.81. The van der Waals surface area contributed by atoms with Crippen LogP contribution in [0.3, 0.4) is 0 Å². The maximum Gasteiger partial charge on any atom is 0.188 e. The van der Waals surface area contributed by atoms with Crippen molar-refractivity contribution in [3.8, 4) is 0 Å². The van der Waals surface area contributed by atoms with E-state index in [1.165, 1.54) is 0 Å². The quantitative estimate of drug-likeness (QED) is 0.523. The molecule has 0 saturated carbocycles. The number of ether oxygens (including phenoxy) is 2. The van der Waals surface area contributed by atoms with Crippen molar-refractivity contribution >= 4 is 11.8 Å². The normalized spacial score (nSPS) is 20.3. The van der Waals surface area contributed by atoms with Gasteiger partial charge in [0.2, 0.25) is 0 Å². The number of hydrogen-bond donors (Lipinski definition) is 3. The Kier molecular flexibility index (Phi) is 8.19. The van der Waals surface area contributed by atoms with E-state index in [-0.39, 0.29) is 5.96 Å². The molecule has 2 aliphatic heterocycles. The van der Waals surface area contributed by atoms with Crippen molar-refractivity contribution in [1.82, 2.24) is 9.80 Å². The molecule has 0 atom stereocenters. The molecule has 0 aromatic heterocycles. The fourth-order valence-corrected chi connectivity index (χ4v) is 2.76. The molecule has 2 aliphatic rings. The number of nitrogens with zero attached hydrogens (tertiary/aromatic N) is 2. The van der Waals surface area contributed by atoms with Crippen LogP contribution in [0, 0.1) is 10.8 Å². The number of hydrogen-bond acceptors (Lipinski definition) is 4. The van der Waals surface area contributed by atoms with Crippen molar-refractivity contribution in [3.63, 3.8) is 0 Å². The fourth-order valence-electron chi connectivity index (χ4n) is 2.76. The average Bonchev–Trinajstić information content (AvgIpc) is 2.55. The van der Waals surface area contributed by atoms with E-state index < -0.39 is 0 Å². The summed E-state index contributed by atoms with van der Waals surface area (Å²) >= 11 is 0. The summed E-state index contributed by atoms with van der Waals surface area (Å²) in [5.74, 6) is 0.860. The van der Waals surface area contributed by atoms with Crippen LogP contribution in [0.15, 0.2) is 0 Å². The summed E-state index contributed by atoms with van der Waals surface area (Å²) in [6.45, 7) is 5.51. The first kappa shape index (κ1) is 18.7. The number of piperidine rings is 2. The molecule has 2 saturated heterocycles. The van der Waals surface area contributed by atoms with Gasteiger partial charge in [-0.15, -0.1) is 0 Å². The van der Waals surface area contributed by atoms with E-state index in [1.807, 2.05) is 11.8 Å². The van der Waals surface area contributed by atoms with Gasteiger partial charge in [-0.3, -0.25) is 10.8 Å². The van der Waals surface area contributed by atoms with Gasteiger partial charge in [-0.05, 0) is 32.6 Å². The lowest BCUT2D eigenvalue weighted by Gasteiger charge is -2.31. The first-order valence-electron chi connectivity index (χ1n) is 7.92. The molecule has 2 fully saturated rings. The molecule has 7 heteroatoms. The Morgan fingerprint density at radius 2 is 1.23 bits per heavy atom. The molecule has 0 unspecified atom stereocenters. The third-order valence-electron chi connectivity index (χ3n) is 4.37. The minimum absolute atomic E-state index is 0.180. The van der Waals surface area contributed by atoms with Gasteiger partial charge in [0.15, 0.2) is 5.96 Å². The lowest BCUT2D eigenvalue weighted by Crippen LogP contribution is -2.43. The molecule has 22 heavy (non-hydrogen) atoms. The van der Waals surface area contributed by atoms with Gasteiger partial charge in [0.05, 0.1) is 18.0 Å². The SMILES string of the molecule is COC1CCN(C(=N)N)CC1.COC1CCN(C(C)=N)CC1. The molecule has 0 aromatic rings. The van der Waals surface area contributed by atoms with Crippen LogP contribution in [-0.2, 0) is 9.47 Å². The molecule has 4 N–H and O–H groups in total. The number of rotatable bonds is 2. The highest BCUT2D eigenvalue weighted by Gasteiger charge is 2.19. The van der Waals surface area contributed by atoms with Crippen LogP contribution in [0.1, 0.15) is 32.6 Å². The van der Waals surface area contributed by atoms with Gasteiger partial charge in [-0.2, -0.15) is 0 Å². The Bertz CT molecular complexity index is 314. The van der Waals surface area contributed by atoms with E-state index >= 15 is 0 Å². The summed E-state index contributed by atoms with van der Waals surface area (Å²) in [5, 5.41) is 14.6. The van der Waals surface area contributed by atoms with Crippen LogP contribution in [0.2, 0.25) is 0 Å². The van der Waals surface area contributed by atoms with Crippen LogP contribution in [0.25, 0.3) is 0 Å². The molecule has 0 spiro atoms. The zero-order valence-corrected chi connectivity index (χ0v) is 14.1. The van der Waals surface area contributed by atoms with Crippen LogP contribution >= 0.6 is 0 Å². The van der Waals surface area contributed by atoms with Gasteiger partial charge >= 0.3 is 0 Å². The molecule has 2 rings (SSSR count). The number of nitrogens with one attached hydrogen (secondary N) is 2. The first-order chi connectivity index (χ1) is 10.5. The van der Waals surface area contributed by atoms with E-state index in [1.54, 1.807) is 14.2 Å². The van der Waals surface area contributed by atoms with Gasteiger partial charge in [0, 0.05) is 40.4 Å². The second kappa shape index (κ2) is 9.63. The van der Waals surface area contributed by atoms with Crippen molar-refractivity contribution < 1.29 is 9.47 Å². The Hall–Kier alpha value is -1.34. The van der Waals surface area contributed by atoms with Gasteiger partial charge in [-0.25, -0.2) is 0 Å². The minimum atomic E-state index is 0.180. The molecule has 7 nitrogen and oxygen atoms in total. The molecule has 0 bridgehead atoms. The number of likely N-dealkylation sites (tertiary alicyclic amines) is 2. The van der Waals surface area contributed by atoms with Crippen molar-refractivity contribution in [1.29, 1.82) is 10.8 Å². The molecule has 128 valence electrons. The van der Waals surface area contributed by atoms with E-state index in [0.29, 0.717) is 18.0 Å². The maximum atomic E-state index is 7.40. The Labute approximate surface area is 133 Å². The molecular weight excluding hydrogens is 282 g/mol. The highest BCUT2D eigenvalue weighted by Crippen LogP contribution is 2.12. The van der Waals surface area contributed by atoms with E-state index in [0.717, 1.165) is 51.9 Å². The Balaban J connectivity index is 0.000000220. The van der Waals surface area contributed by atoms with Crippen LogP contribution in [-0.4, -0.2) is 74.2 Å². The van der Waals surface area contributed by atoms with Gasteiger partial charge in [0.25, 0.3) is 0 Å². The van der Waals surface area contributed by atoms with Crippen molar-refractivity contribution in [2.24, 2.45) is 5.73 Å². The standard InChI is InChI=1S/C8H16N2O.C7H15N3O/c1-7(9)10-5-3-8(11-2)4-6-10;1-11-6-2-4-10(5-3-6)7(8)9/h8-9H,3-6H2,1-2H3;6H,2-5H2,1H3,(H3,8,9). The lowest BCUT2D eigenvalue weighted by atomic mass is 10.1. The van der Waals surface area contributed by atoms with Crippen molar-refractivity contribution in [3.05, 3.63) is 0 Å². The van der Waals surface area contributed by atoms with Crippen molar-refractivity contribution in [2.75, 3.05) is 40.4 Å². The summed E-state index contributed by atoms with van der Waals surface area (Å²) in [6, 6.07) is 0. The average molecular weight is 313 g/mol. The van der Waals surface area contributed by atoms with Gasteiger partial charge < -0.3 is 25.0 Å². The molecular formula is C15H31N5O2. The van der Waals surface area contributed by atoms with Crippen LogP contribution < -0.4 is 5.73 Å². The second-order valence-electron chi connectivity index (χ2n) is 5.81. The van der Waals surface area contributed by atoms with E-state index in [9.17, 15) is 0 Å². The minimum Gasteiger partial charge on any atom is -0.381 e. The summed E-state index contributed by atoms with van der Waals surface area (Å²) in [7, 11) is 3.49. The zero-order chi connectivity index (χ0) is 16.5. The van der Waals surface area contributed by atoms with Gasteiger partial charge in [0.1, 0.15) is 0 Å². The Morgan fingerprint density at radius 1 is 0.864 bits per heavy atom. The molecule has 0 aromatic carbocycles. The Morgan fingerprint density at radius 3 is 1.50 bits per heavy atom. The number of methoxy groups -OCH3 is 2. The number of nitrogens with two attached hydrogens (primary N) is 1. The van der Waals surface area contributed by atoms with Crippen molar-refractivity contribution in [2.45, 2.75) is 44.8 Å². The fraction of sp³-hybridized carbons (Fsp3) is 0.867. The summed E-state index contributed by atoms with van der Waals surface area (Å²) in [6.07, 6.45) is 4.88. The molecule has 0 aliphatic carbocycles. The van der Waals surface area contributed by atoms with E-state index in [4.69, 9.17) is 26.0 Å². The van der Waals surface area contributed by atoms with E-state index in [2.05, 4.69) is 4.90 Å². The van der Waals surface area contributed by atoms with Crippen LogP contribution in [0.5, 0.6) is 0 Å². The third-order valence-corrected chi connectivity index (χ3v) is 4.37. The smallest absolute Gasteiger partial charge is 0.188 e. The zero-order valence-electron chi connectivity index (χ0n) is 14.1. The van der Waals surface area contributed by atoms with Gasteiger partial charge in [-0.1, -0.05) is 0 Å².